The minimum atomic E-state index is -1.31. The van der Waals surface area contributed by atoms with E-state index in [4.69, 9.17) is 4.74 Å². The van der Waals surface area contributed by atoms with Crippen LogP contribution in [0.2, 0.25) is 0 Å². The number of aromatic nitrogens is 2. The molecule has 3 N–H and O–H groups in total. The van der Waals surface area contributed by atoms with Crippen LogP contribution >= 0.6 is 0 Å². The number of likely N-dealkylation sites (tertiary alicyclic amines) is 1. The Morgan fingerprint density at radius 2 is 2.11 bits per heavy atom. The van der Waals surface area contributed by atoms with Gasteiger partial charge in [0.25, 0.3) is 5.91 Å². The van der Waals surface area contributed by atoms with E-state index in [1.807, 2.05) is 0 Å². The van der Waals surface area contributed by atoms with E-state index in [1.165, 1.54) is 25.5 Å². The van der Waals surface area contributed by atoms with Gasteiger partial charge >= 0.3 is 0 Å². The Morgan fingerprint density at radius 3 is 2.85 bits per heavy atom. The molecule has 150 valence electrons. The average Bonchev–Trinajstić information content (AvgIpc) is 3.15. The number of β-amino-alcohol motifs (C(OH)–C–C–N with tert-alkyl or cyclic N) is 1. The molecule has 2 saturated heterocycles. The zero-order valence-corrected chi connectivity index (χ0v) is 15.7. The van der Waals surface area contributed by atoms with Gasteiger partial charge in [-0.15, -0.1) is 0 Å². The summed E-state index contributed by atoms with van der Waals surface area (Å²) in [6.45, 7) is 3.93. The summed E-state index contributed by atoms with van der Waals surface area (Å²) in [5.74, 6) is -0.336. The molecule has 3 rings (SSSR count). The second-order valence-electron chi connectivity index (χ2n) is 7.40. The summed E-state index contributed by atoms with van der Waals surface area (Å²) in [6, 6.07) is 1.55. The number of nitrogens with one attached hydrogen (secondary N) is 2. The van der Waals surface area contributed by atoms with Gasteiger partial charge in [0.1, 0.15) is 11.3 Å². The van der Waals surface area contributed by atoms with Crippen LogP contribution in [-0.4, -0.2) is 95.0 Å². The highest BCUT2D eigenvalue weighted by molar-refractivity contribution is 5.92. The molecule has 0 aliphatic carbocycles. The lowest BCUT2D eigenvalue weighted by Gasteiger charge is -2.32. The van der Waals surface area contributed by atoms with Crippen molar-refractivity contribution in [3.8, 4) is 0 Å². The zero-order valence-electron chi connectivity index (χ0n) is 15.7. The Bertz CT molecular complexity index is 617. The van der Waals surface area contributed by atoms with Crippen molar-refractivity contribution in [3.63, 3.8) is 0 Å². The summed E-state index contributed by atoms with van der Waals surface area (Å²) in [5.41, 5.74) is -0.991. The first-order valence-corrected chi connectivity index (χ1v) is 9.64. The largest absolute Gasteiger partial charge is 0.384 e. The highest BCUT2D eigenvalue weighted by Crippen LogP contribution is 2.14. The first-order valence-electron chi connectivity index (χ1n) is 9.64. The molecular formula is C18H29N5O4. The van der Waals surface area contributed by atoms with E-state index < -0.39 is 5.60 Å². The summed E-state index contributed by atoms with van der Waals surface area (Å²) in [6.07, 6.45) is 5.59. The van der Waals surface area contributed by atoms with Gasteiger partial charge in [-0.05, 0) is 32.0 Å². The lowest BCUT2D eigenvalue weighted by molar-refractivity contribution is -0.134. The third-order valence-electron chi connectivity index (χ3n) is 5.13. The normalized spacial score (nSPS) is 24.4. The van der Waals surface area contributed by atoms with E-state index in [-0.39, 0.29) is 31.5 Å². The van der Waals surface area contributed by atoms with Crippen LogP contribution in [0.5, 0.6) is 0 Å². The lowest BCUT2D eigenvalue weighted by atomic mass is 10.0. The quantitative estimate of drug-likeness (QED) is 0.621. The molecule has 0 bridgehead atoms. The van der Waals surface area contributed by atoms with Crippen LogP contribution in [0.25, 0.3) is 0 Å². The van der Waals surface area contributed by atoms with Crippen LogP contribution < -0.4 is 5.32 Å². The highest BCUT2D eigenvalue weighted by atomic mass is 16.5. The molecule has 0 radical (unpaired) electrons. The molecule has 0 saturated carbocycles. The maximum absolute atomic E-state index is 12.6. The smallest absolute Gasteiger partial charge is 0.269 e. The van der Waals surface area contributed by atoms with Gasteiger partial charge in [-0.25, -0.2) is 0 Å². The molecule has 1 unspecified atom stereocenters. The van der Waals surface area contributed by atoms with Gasteiger partial charge in [0.05, 0.1) is 26.3 Å². The Kier molecular flexibility index (Phi) is 6.81. The molecule has 1 aromatic rings. The fraction of sp³-hybridized carbons (Fsp3) is 0.722. The van der Waals surface area contributed by atoms with Gasteiger partial charge in [-0.3, -0.25) is 14.7 Å². The van der Waals surface area contributed by atoms with Crippen molar-refractivity contribution < 1.29 is 19.4 Å². The van der Waals surface area contributed by atoms with E-state index in [2.05, 4.69) is 20.4 Å². The summed E-state index contributed by atoms with van der Waals surface area (Å²) in [4.78, 5) is 28.7. The first kappa shape index (κ1) is 19.8. The number of hydrogen-bond acceptors (Lipinski definition) is 6. The summed E-state index contributed by atoms with van der Waals surface area (Å²) >= 11 is 0. The van der Waals surface area contributed by atoms with Crippen LogP contribution in [0.15, 0.2) is 12.3 Å². The first-order chi connectivity index (χ1) is 13.1. The Balaban J connectivity index is 1.50. The molecular weight excluding hydrogens is 350 g/mol. The minimum Gasteiger partial charge on any atom is -0.384 e. The number of amides is 2. The standard InChI is InChI=1S/C18H29N5O4/c24-16(5-9-22-7-2-1-3-8-22)23-10-11-27-14-18(26,13-23)12-19-17(25)15-4-6-20-21-15/h4,6,26H,1-3,5,7-14H2,(H,19,25)(H,20,21). The maximum Gasteiger partial charge on any atom is 0.269 e. The molecule has 9 nitrogen and oxygen atoms in total. The van der Waals surface area contributed by atoms with E-state index in [9.17, 15) is 14.7 Å². The van der Waals surface area contributed by atoms with Gasteiger partial charge < -0.3 is 25.0 Å². The van der Waals surface area contributed by atoms with Gasteiger partial charge in [0.15, 0.2) is 0 Å². The van der Waals surface area contributed by atoms with Crippen molar-refractivity contribution in [2.24, 2.45) is 0 Å². The predicted octanol–water partition coefficient (Wildman–Crippen LogP) is -0.395. The van der Waals surface area contributed by atoms with Crippen molar-refractivity contribution in [1.29, 1.82) is 0 Å². The van der Waals surface area contributed by atoms with Gasteiger partial charge in [0.2, 0.25) is 5.91 Å². The minimum absolute atomic E-state index is 0.000752. The molecule has 2 amide bonds. The van der Waals surface area contributed by atoms with Crippen molar-refractivity contribution in [2.75, 3.05) is 52.5 Å². The number of aromatic amines is 1. The number of aliphatic hydroxyl groups is 1. The molecule has 9 heteroatoms. The second-order valence-corrected chi connectivity index (χ2v) is 7.40. The average molecular weight is 379 g/mol. The SMILES string of the molecule is O=C(NCC1(O)COCCN(C(=O)CCN2CCCCC2)C1)c1ccn[nH]1. The van der Waals surface area contributed by atoms with Crippen LogP contribution in [0.1, 0.15) is 36.2 Å². The number of ether oxygens (including phenoxy) is 1. The van der Waals surface area contributed by atoms with E-state index in [1.54, 1.807) is 11.0 Å². The number of hydrogen-bond donors (Lipinski definition) is 3. The zero-order chi connectivity index (χ0) is 19.1. The third kappa shape index (κ3) is 5.75. The fourth-order valence-corrected chi connectivity index (χ4v) is 3.55. The molecule has 2 aliphatic heterocycles. The number of nitrogens with zero attached hydrogens (tertiary/aromatic N) is 3. The third-order valence-corrected chi connectivity index (χ3v) is 5.13. The molecule has 1 atom stereocenters. The van der Waals surface area contributed by atoms with Crippen molar-refractivity contribution >= 4 is 11.8 Å². The molecule has 2 aliphatic rings. The number of carbonyl (C=O) groups excluding carboxylic acids is 2. The van der Waals surface area contributed by atoms with E-state index in [0.717, 1.165) is 19.6 Å². The topological polar surface area (TPSA) is 111 Å². The Morgan fingerprint density at radius 1 is 1.30 bits per heavy atom. The van der Waals surface area contributed by atoms with Crippen molar-refractivity contribution in [1.82, 2.24) is 25.3 Å². The van der Waals surface area contributed by atoms with Crippen LogP contribution in [0.4, 0.5) is 0 Å². The number of H-pyrrole nitrogens is 1. The maximum atomic E-state index is 12.6. The monoisotopic (exact) mass is 379 g/mol. The van der Waals surface area contributed by atoms with Crippen molar-refractivity contribution in [2.45, 2.75) is 31.3 Å². The van der Waals surface area contributed by atoms with Gasteiger partial charge in [0, 0.05) is 25.7 Å². The number of piperidine rings is 1. The van der Waals surface area contributed by atoms with Gasteiger partial charge in [-0.1, -0.05) is 6.42 Å². The molecule has 27 heavy (non-hydrogen) atoms. The molecule has 0 aromatic carbocycles. The molecule has 2 fully saturated rings. The van der Waals surface area contributed by atoms with E-state index >= 15 is 0 Å². The Hall–Kier alpha value is -1.97. The lowest BCUT2D eigenvalue weighted by Crippen LogP contribution is -2.53. The number of rotatable bonds is 6. The van der Waals surface area contributed by atoms with Crippen LogP contribution in [-0.2, 0) is 9.53 Å². The number of carbonyl (C=O) groups is 2. The predicted molar refractivity (Wildman–Crippen MR) is 98.2 cm³/mol. The fourth-order valence-electron chi connectivity index (χ4n) is 3.55. The Labute approximate surface area is 159 Å². The summed E-state index contributed by atoms with van der Waals surface area (Å²) in [7, 11) is 0. The summed E-state index contributed by atoms with van der Waals surface area (Å²) in [5, 5.41) is 19.9. The van der Waals surface area contributed by atoms with Crippen LogP contribution in [0, 0.1) is 0 Å². The molecule has 1 aromatic heterocycles. The van der Waals surface area contributed by atoms with E-state index in [0.29, 0.717) is 25.3 Å². The summed E-state index contributed by atoms with van der Waals surface area (Å²) < 4.78 is 5.48. The highest BCUT2D eigenvalue weighted by Gasteiger charge is 2.35. The van der Waals surface area contributed by atoms with Gasteiger partial charge in [-0.2, -0.15) is 5.10 Å². The second kappa shape index (κ2) is 9.29. The van der Waals surface area contributed by atoms with Crippen LogP contribution in [0.3, 0.4) is 0 Å². The molecule has 0 spiro atoms. The molecule has 3 heterocycles. The van der Waals surface area contributed by atoms with Crippen molar-refractivity contribution in [3.05, 3.63) is 18.0 Å².